The number of fused-ring (bicyclic) bond motifs is 5. The van der Waals surface area contributed by atoms with E-state index in [-0.39, 0.29) is 41.4 Å². The molecule has 218 valence electrons. The van der Waals surface area contributed by atoms with Gasteiger partial charge in [0.25, 0.3) is 5.91 Å². The molecule has 3 fully saturated rings. The molecule has 0 unspecified atom stereocenters. The summed E-state index contributed by atoms with van der Waals surface area (Å²) in [5, 5.41) is 48.9. The summed E-state index contributed by atoms with van der Waals surface area (Å²) in [6.07, 6.45) is 6.66. The molecule has 0 saturated heterocycles. The zero-order chi connectivity index (χ0) is 28.7. The van der Waals surface area contributed by atoms with Gasteiger partial charge in [-0.05, 0) is 98.3 Å². The Morgan fingerprint density at radius 1 is 1.12 bits per heavy atom. The number of benzene rings is 1. The number of aliphatic hydroxyl groups excluding tert-OH is 2. The Bertz CT molecular complexity index is 1200. The Kier molecular flexibility index (Phi) is 7.85. The molecule has 0 aromatic heterocycles. The number of ketones is 1. The zero-order valence-corrected chi connectivity index (χ0v) is 23.4. The summed E-state index contributed by atoms with van der Waals surface area (Å²) in [5.74, 6) is -0.235. The largest absolute Gasteiger partial charge is 0.508 e. The maximum atomic E-state index is 12.6. The van der Waals surface area contributed by atoms with Crippen LogP contribution in [0.3, 0.4) is 0 Å². The normalized spacial score (nSPS) is 37.6. The lowest BCUT2D eigenvalue weighted by Crippen LogP contribution is -2.62. The molecular weight excluding hydrogens is 512 g/mol. The zero-order valence-electron chi connectivity index (χ0n) is 23.4. The maximum Gasteiger partial charge on any atom is 0.260 e. The Morgan fingerprint density at radius 3 is 2.60 bits per heavy atom. The van der Waals surface area contributed by atoms with E-state index in [1.165, 1.54) is 5.57 Å². The van der Waals surface area contributed by atoms with Crippen LogP contribution >= 0.6 is 0 Å². The van der Waals surface area contributed by atoms with Crippen molar-refractivity contribution in [2.75, 3.05) is 19.8 Å². The molecule has 3 saturated carbocycles. The van der Waals surface area contributed by atoms with Gasteiger partial charge in [0.05, 0.1) is 11.8 Å². The molecule has 7 atom stereocenters. The van der Waals surface area contributed by atoms with E-state index in [2.05, 4.69) is 23.5 Å². The number of hydrogen-bond acceptors (Lipinski definition) is 8. The number of Topliss-reactive ketones (excluding diaryl/α,β-unsaturated/α-hetero) is 1. The van der Waals surface area contributed by atoms with Crippen molar-refractivity contribution >= 4 is 17.4 Å². The van der Waals surface area contributed by atoms with Gasteiger partial charge in [0, 0.05) is 12.0 Å². The van der Waals surface area contributed by atoms with Crippen LogP contribution < -0.4 is 5.32 Å². The third kappa shape index (κ3) is 4.86. The summed E-state index contributed by atoms with van der Waals surface area (Å²) in [7, 11) is 0. The first-order valence-corrected chi connectivity index (χ1v) is 14.5. The molecule has 40 heavy (non-hydrogen) atoms. The molecule has 5 N–H and O–H groups in total. The topological polar surface area (TPSA) is 149 Å². The quantitative estimate of drug-likeness (QED) is 0.310. The predicted molar refractivity (Wildman–Crippen MR) is 148 cm³/mol. The Hall–Kier alpha value is -2.75. The number of rotatable bonds is 8. The fourth-order valence-corrected chi connectivity index (χ4v) is 8.60. The van der Waals surface area contributed by atoms with Gasteiger partial charge in [-0.25, -0.2) is 0 Å². The highest BCUT2D eigenvalue weighted by Crippen LogP contribution is 2.67. The van der Waals surface area contributed by atoms with E-state index in [1.807, 2.05) is 19.1 Å². The molecule has 0 heterocycles. The third-order valence-corrected chi connectivity index (χ3v) is 10.7. The van der Waals surface area contributed by atoms with Crippen LogP contribution in [0.5, 0.6) is 5.75 Å². The number of allylic oxidation sites excluding steroid dienone is 2. The Morgan fingerprint density at radius 2 is 1.88 bits per heavy atom. The van der Waals surface area contributed by atoms with Gasteiger partial charge in [0.2, 0.25) is 0 Å². The number of oxime groups is 1. The second-order valence-corrected chi connectivity index (χ2v) is 12.7. The first kappa shape index (κ1) is 28.8. The molecule has 5 rings (SSSR count). The number of aliphatic hydroxyl groups is 3. The van der Waals surface area contributed by atoms with E-state index in [4.69, 9.17) is 4.84 Å². The van der Waals surface area contributed by atoms with Crippen molar-refractivity contribution in [2.24, 2.45) is 33.7 Å². The smallest absolute Gasteiger partial charge is 0.260 e. The number of phenolic OH excluding ortho intramolecular Hbond substituents is 1. The first-order chi connectivity index (χ1) is 19.0. The van der Waals surface area contributed by atoms with Crippen LogP contribution in [0, 0.1) is 28.6 Å². The maximum absolute atomic E-state index is 12.6. The lowest BCUT2D eigenvalue weighted by atomic mass is 9.45. The number of aromatic hydroxyl groups is 1. The van der Waals surface area contributed by atoms with Gasteiger partial charge in [0.1, 0.15) is 18.0 Å². The SMILES string of the molecule is C[C@]12CCC(=NOCC(=O)NCCc3ccc(O)cc3)C=C1CC[C@H]1[C@@H]2[C@@H](O)C[C@]2(C)[C@H]1CC[C@]2(O)C(=O)CO. The molecule has 0 spiro atoms. The van der Waals surface area contributed by atoms with E-state index in [0.29, 0.717) is 32.2 Å². The van der Waals surface area contributed by atoms with Crippen molar-refractivity contribution in [3.05, 3.63) is 41.5 Å². The van der Waals surface area contributed by atoms with Crippen molar-refractivity contribution in [3.63, 3.8) is 0 Å². The van der Waals surface area contributed by atoms with Gasteiger partial charge in [-0.2, -0.15) is 0 Å². The minimum Gasteiger partial charge on any atom is -0.508 e. The van der Waals surface area contributed by atoms with Crippen molar-refractivity contribution in [1.29, 1.82) is 0 Å². The molecule has 4 aliphatic carbocycles. The van der Waals surface area contributed by atoms with Gasteiger partial charge >= 0.3 is 0 Å². The Balaban J connectivity index is 1.20. The molecule has 4 aliphatic rings. The number of amides is 1. The molecule has 1 aromatic rings. The fraction of sp³-hybridized carbons (Fsp3) is 0.645. The van der Waals surface area contributed by atoms with E-state index >= 15 is 0 Å². The molecule has 9 heteroatoms. The van der Waals surface area contributed by atoms with Crippen LogP contribution in [-0.2, 0) is 20.8 Å². The summed E-state index contributed by atoms with van der Waals surface area (Å²) < 4.78 is 0. The van der Waals surface area contributed by atoms with Crippen molar-refractivity contribution in [1.82, 2.24) is 5.32 Å². The number of carbonyl (C=O) groups excluding carboxylic acids is 2. The van der Waals surface area contributed by atoms with Crippen LogP contribution in [0.4, 0.5) is 0 Å². The van der Waals surface area contributed by atoms with Crippen LogP contribution in [0.15, 0.2) is 41.1 Å². The molecule has 1 aromatic carbocycles. The van der Waals surface area contributed by atoms with E-state index in [0.717, 1.165) is 37.0 Å². The van der Waals surface area contributed by atoms with Crippen LogP contribution in [0.25, 0.3) is 0 Å². The average molecular weight is 555 g/mol. The van der Waals surface area contributed by atoms with Crippen LogP contribution in [-0.4, -0.2) is 69.3 Å². The second kappa shape index (κ2) is 10.9. The summed E-state index contributed by atoms with van der Waals surface area (Å²) in [6, 6.07) is 6.87. The number of carbonyl (C=O) groups is 2. The highest BCUT2D eigenvalue weighted by molar-refractivity contribution is 5.96. The second-order valence-electron chi connectivity index (χ2n) is 12.7. The molecule has 1 amide bonds. The van der Waals surface area contributed by atoms with Crippen molar-refractivity contribution in [3.8, 4) is 5.75 Å². The van der Waals surface area contributed by atoms with Gasteiger partial charge in [0.15, 0.2) is 12.4 Å². The summed E-state index contributed by atoms with van der Waals surface area (Å²) in [6.45, 7) is 3.76. The van der Waals surface area contributed by atoms with E-state index < -0.39 is 29.5 Å². The monoisotopic (exact) mass is 554 g/mol. The highest BCUT2D eigenvalue weighted by atomic mass is 16.6. The number of nitrogens with zero attached hydrogens (tertiary/aromatic N) is 1. The summed E-state index contributed by atoms with van der Waals surface area (Å²) in [5.41, 5.74) is 0.503. The Labute approximate surface area is 235 Å². The minimum absolute atomic E-state index is 0.0268. The van der Waals surface area contributed by atoms with E-state index in [1.54, 1.807) is 12.1 Å². The number of hydrogen-bond donors (Lipinski definition) is 5. The molecular formula is C31H42N2O7. The van der Waals surface area contributed by atoms with Gasteiger partial charge in [-0.15, -0.1) is 0 Å². The summed E-state index contributed by atoms with van der Waals surface area (Å²) >= 11 is 0. The summed E-state index contributed by atoms with van der Waals surface area (Å²) in [4.78, 5) is 30.2. The first-order valence-electron chi connectivity index (χ1n) is 14.5. The lowest BCUT2D eigenvalue weighted by molar-refractivity contribution is -0.181. The van der Waals surface area contributed by atoms with Crippen LogP contribution in [0.2, 0.25) is 0 Å². The van der Waals surface area contributed by atoms with Gasteiger partial charge < -0.3 is 30.6 Å². The fourth-order valence-electron chi connectivity index (χ4n) is 8.60. The predicted octanol–water partition coefficient (Wildman–Crippen LogP) is 2.65. The average Bonchev–Trinajstić information content (AvgIpc) is 3.20. The third-order valence-electron chi connectivity index (χ3n) is 10.7. The molecule has 0 aliphatic heterocycles. The van der Waals surface area contributed by atoms with Crippen LogP contribution in [0.1, 0.15) is 64.4 Å². The highest BCUT2D eigenvalue weighted by Gasteiger charge is 2.68. The van der Waals surface area contributed by atoms with Gasteiger partial charge in [-0.1, -0.05) is 36.7 Å². The van der Waals surface area contributed by atoms with Crippen molar-refractivity contribution in [2.45, 2.75) is 76.9 Å². The number of phenols is 1. The van der Waals surface area contributed by atoms with Gasteiger partial charge in [-0.3, -0.25) is 9.59 Å². The standard InChI is InChI=1S/C31H42N2O7/c1-29-12-9-21(33-40-18-27(38)32-14-11-19-3-6-22(35)7-4-19)15-20(29)5-8-23-24-10-13-31(39,26(37)17-34)30(24,2)16-25(36)28(23)29/h3-4,6-7,15,23-25,28,34-36,39H,5,8-14,16-18H2,1-2H3,(H,32,38)/t23-,24+,25+,28-,29+,30-,31+/m1/s1. The number of nitrogens with one attached hydrogen (secondary N) is 1. The molecule has 0 radical (unpaired) electrons. The minimum atomic E-state index is -1.59. The molecule has 9 nitrogen and oxygen atoms in total. The lowest BCUT2D eigenvalue weighted by Gasteiger charge is -2.60. The van der Waals surface area contributed by atoms with E-state index in [9.17, 15) is 30.0 Å². The van der Waals surface area contributed by atoms with Crippen molar-refractivity contribution < 1.29 is 34.9 Å². The molecule has 0 bridgehead atoms.